The van der Waals surface area contributed by atoms with Gasteiger partial charge in [0.15, 0.2) is 0 Å². The third-order valence-corrected chi connectivity index (χ3v) is 6.15. The van der Waals surface area contributed by atoms with Gasteiger partial charge in [-0.15, -0.1) is 0 Å². The average molecular weight is 465 g/mol. The van der Waals surface area contributed by atoms with Gasteiger partial charge in [0, 0.05) is 6.61 Å². The molecule has 28 heavy (non-hydrogen) atoms. The second kappa shape index (κ2) is 19.3. The fraction of sp³-hybridized carbons (Fsp3) is 1.00. The van der Waals surface area contributed by atoms with Gasteiger partial charge in [-0.25, -0.2) is 0 Å². The topological polar surface area (TPSA) is 18.5 Å². The molecule has 1 heterocycles. The Bertz CT molecular complexity index is 322. The van der Waals surface area contributed by atoms with Crippen molar-refractivity contribution in [2.75, 3.05) is 46.5 Å². The fourth-order valence-electron chi connectivity index (χ4n) is 4.22. The highest BCUT2D eigenvalue weighted by Gasteiger charge is 2.27. The highest BCUT2D eigenvalue weighted by atomic mass is 79.9. The molecule has 0 bridgehead atoms. The van der Waals surface area contributed by atoms with E-state index in [1.54, 1.807) is 0 Å². The molecule has 1 fully saturated rings. The molecule has 1 aliphatic heterocycles. The molecule has 1 aliphatic rings. The van der Waals surface area contributed by atoms with Crippen LogP contribution >= 0.6 is 0 Å². The van der Waals surface area contributed by atoms with Crippen molar-refractivity contribution in [2.24, 2.45) is 0 Å². The van der Waals surface area contributed by atoms with E-state index in [2.05, 4.69) is 20.9 Å². The third kappa shape index (κ3) is 16.2. The fourth-order valence-corrected chi connectivity index (χ4v) is 4.22. The van der Waals surface area contributed by atoms with Crippen LogP contribution in [0, 0.1) is 0 Å². The SMILES string of the molecule is CCCCCCCCCCCCCCCCOC(C)C[N+]1(C)CCOCC1.[Br-]. The van der Waals surface area contributed by atoms with Gasteiger partial charge in [-0.2, -0.15) is 0 Å². The predicted molar refractivity (Wildman–Crippen MR) is 117 cm³/mol. The molecule has 1 atom stereocenters. The monoisotopic (exact) mass is 463 g/mol. The van der Waals surface area contributed by atoms with Gasteiger partial charge < -0.3 is 30.9 Å². The number of halogens is 1. The Balaban J connectivity index is 0.00000729. The molecule has 0 aliphatic carbocycles. The number of rotatable bonds is 18. The van der Waals surface area contributed by atoms with Gasteiger partial charge in [0.05, 0.1) is 20.3 Å². The van der Waals surface area contributed by atoms with Crippen LogP contribution in [0.2, 0.25) is 0 Å². The van der Waals surface area contributed by atoms with Crippen molar-refractivity contribution >= 4 is 0 Å². The van der Waals surface area contributed by atoms with Gasteiger partial charge in [0.1, 0.15) is 25.7 Å². The van der Waals surface area contributed by atoms with Crippen LogP contribution in [0.15, 0.2) is 0 Å². The number of likely N-dealkylation sites (N-methyl/N-ethyl adjacent to an activating group) is 1. The molecular formula is C24H50BrNO2. The Hall–Kier alpha value is 0.360. The van der Waals surface area contributed by atoms with Crippen LogP contribution < -0.4 is 17.0 Å². The molecule has 0 aromatic carbocycles. The van der Waals surface area contributed by atoms with Crippen molar-refractivity contribution in [2.45, 2.75) is 110 Å². The van der Waals surface area contributed by atoms with E-state index in [0.29, 0.717) is 6.10 Å². The van der Waals surface area contributed by atoms with Crippen LogP contribution in [0.25, 0.3) is 0 Å². The molecule has 0 aromatic rings. The molecule has 0 spiro atoms. The number of unbranched alkanes of at least 4 members (excludes halogenated alkanes) is 13. The number of hydrogen-bond acceptors (Lipinski definition) is 2. The Morgan fingerprint density at radius 1 is 0.750 bits per heavy atom. The molecule has 0 radical (unpaired) electrons. The Labute approximate surface area is 187 Å². The summed E-state index contributed by atoms with van der Waals surface area (Å²) in [5.74, 6) is 0. The summed E-state index contributed by atoms with van der Waals surface area (Å²) in [5.41, 5.74) is 0. The summed E-state index contributed by atoms with van der Waals surface area (Å²) in [5, 5.41) is 0. The molecule has 0 N–H and O–H groups in total. The zero-order chi connectivity index (χ0) is 19.6. The Morgan fingerprint density at radius 3 is 1.64 bits per heavy atom. The van der Waals surface area contributed by atoms with Crippen LogP contribution in [-0.2, 0) is 9.47 Å². The first kappa shape index (κ1) is 28.4. The second-order valence-electron chi connectivity index (χ2n) is 9.14. The summed E-state index contributed by atoms with van der Waals surface area (Å²) in [6, 6.07) is 0. The van der Waals surface area contributed by atoms with E-state index in [9.17, 15) is 0 Å². The molecule has 4 heteroatoms. The van der Waals surface area contributed by atoms with Gasteiger partial charge in [-0.05, 0) is 13.3 Å². The number of ether oxygens (including phenoxy) is 2. The molecule has 1 rings (SSSR count). The average Bonchev–Trinajstić information content (AvgIpc) is 2.65. The van der Waals surface area contributed by atoms with E-state index < -0.39 is 0 Å². The Morgan fingerprint density at radius 2 is 1.18 bits per heavy atom. The summed E-state index contributed by atoms with van der Waals surface area (Å²) in [6.07, 6.45) is 20.2. The van der Waals surface area contributed by atoms with E-state index in [1.807, 2.05) is 0 Å². The van der Waals surface area contributed by atoms with Crippen molar-refractivity contribution in [3.05, 3.63) is 0 Å². The van der Waals surface area contributed by atoms with E-state index in [-0.39, 0.29) is 17.0 Å². The minimum atomic E-state index is 0. The lowest BCUT2D eigenvalue weighted by atomic mass is 10.0. The van der Waals surface area contributed by atoms with Crippen molar-refractivity contribution in [3.8, 4) is 0 Å². The van der Waals surface area contributed by atoms with E-state index in [1.165, 1.54) is 89.9 Å². The zero-order valence-electron chi connectivity index (χ0n) is 19.4. The van der Waals surface area contributed by atoms with Crippen LogP contribution in [0.5, 0.6) is 0 Å². The van der Waals surface area contributed by atoms with Crippen LogP contribution in [-0.4, -0.2) is 57.1 Å². The normalized spacial score (nSPS) is 17.2. The summed E-state index contributed by atoms with van der Waals surface area (Å²) in [4.78, 5) is 0. The van der Waals surface area contributed by atoms with Gasteiger partial charge in [-0.1, -0.05) is 90.4 Å². The molecule has 0 saturated carbocycles. The lowest BCUT2D eigenvalue weighted by Gasteiger charge is -2.39. The highest BCUT2D eigenvalue weighted by molar-refractivity contribution is 4.54. The lowest BCUT2D eigenvalue weighted by Crippen LogP contribution is -3.00. The maximum atomic E-state index is 6.06. The van der Waals surface area contributed by atoms with Gasteiger partial charge >= 0.3 is 0 Å². The lowest BCUT2D eigenvalue weighted by molar-refractivity contribution is -0.919. The molecule has 170 valence electrons. The number of morpholine rings is 1. The first-order chi connectivity index (χ1) is 13.2. The van der Waals surface area contributed by atoms with E-state index in [0.717, 1.165) is 43.9 Å². The smallest absolute Gasteiger partial charge is 0.105 e. The van der Waals surface area contributed by atoms with Gasteiger partial charge in [0.25, 0.3) is 0 Å². The minimum absolute atomic E-state index is 0. The van der Waals surface area contributed by atoms with Crippen molar-refractivity contribution < 1.29 is 30.9 Å². The van der Waals surface area contributed by atoms with Crippen molar-refractivity contribution in [1.82, 2.24) is 0 Å². The molecule has 1 unspecified atom stereocenters. The number of nitrogens with zero attached hydrogens (tertiary/aromatic N) is 1. The molecule has 3 nitrogen and oxygen atoms in total. The first-order valence-corrected chi connectivity index (χ1v) is 12.2. The summed E-state index contributed by atoms with van der Waals surface area (Å²) >= 11 is 0. The summed E-state index contributed by atoms with van der Waals surface area (Å²) in [7, 11) is 2.34. The van der Waals surface area contributed by atoms with E-state index >= 15 is 0 Å². The van der Waals surface area contributed by atoms with Crippen molar-refractivity contribution in [3.63, 3.8) is 0 Å². The Kier molecular flexibility index (Phi) is 19.6. The standard InChI is InChI=1S/C24H50NO2.BrH/c1-4-5-6-7-8-9-10-11-12-13-14-15-16-17-20-27-24(2)23-25(3)18-21-26-22-19-25;/h24H,4-23H2,1-3H3;1H/q+1;/p-1. The zero-order valence-corrected chi connectivity index (χ0v) is 20.9. The highest BCUT2D eigenvalue weighted by Crippen LogP contribution is 2.14. The largest absolute Gasteiger partial charge is 1.00 e. The molecule has 0 amide bonds. The minimum Gasteiger partial charge on any atom is -1.00 e. The quantitative estimate of drug-likeness (QED) is 0.229. The van der Waals surface area contributed by atoms with Crippen molar-refractivity contribution in [1.29, 1.82) is 0 Å². The maximum absolute atomic E-state index is 6.06. The maximum Gasteiger partial charge on any atom is 0.105 e. The third-order valence-electron chi connectivity index (χ3n) is 6.15. The van der Waals surface area contributed by atoms with Gasteiger partial charge in [0.2, 0.25) is 0 Å². The molecule has 1 saturated heterocycles. The number of hydrogen-bond donors (Lipinski definition) is 0. The first-order valence-electron chi connectivity index (χ1n) is 12.2. The van der Waals surface area contributed by atoms with Crippen LogP contribution in [0.4, 0.5) is 0 Å². The number of quaternary nitrogens is 1. The molecular weight excluding hydrogens is 414 g/mol. The van der Waals surface area contributed by atoms with Crippen LogP contribution in [0.1, 0.15) is 104 Å². The van der Waals surface area contributed by atoms with Crippen LogP contribution in [0.3, 0.4) is 0 Å². The second-order valence-corrected chi connectivity index (χ2v) is 9.14. The summed E-state index contributed by atoms with van der Waals surface area (Å²) < 4.78 is 12.7. The summed E-state index contributed by atoms with van der Waals surface area (Å²) in [6.45, 7) is 10.7. The van der Waals surface area contributed by atoms with Gasteiger partial charge in [-0.3, -0.25) is 0 Å². The van der Waals surface area contributed by atoms with E-state index in [4.69, 9.17) is 9.47 Å². The predicted octanol–water partition coefficient (Wildman–Crippen LogP) is 3.35. The molecule has 0 aromatic heterocycles.